The number of aliphatic hydroxyl groups is 1. The molecule has 2 N–H and O–H groups in total. The van der Waals surface area contributed by atoms with Gasteiger partial charge >= 0.3 is 6.18 Å². The number of aliphatic hydroxyl groups excluding tert-OH is 1. The molecule has 20 heavy (non-hydrogen) atoms. The van der Waals surface area contributed by atoms with Gasteiger partial charge in [-0.25, -0.2) is 0 Å². The van der Waals surface area contributed by atoms with Crippen LogP contribution in [0.1, 0.15) is 30.1 Å². The Kier molecular flexibility index (Phi) is 5.01. The maximum atomic E-state index is 12.6. The first-order valence-corrected chi connectivity index (χ1v) is 6.63. The highest BCUT2D eigenvalue weighted by Crippen LogP contribution is 2.30. The van der Waals surface area contributed by atoms with Gasteiger partial charge in [-0.2, -0.15) is 13.2 Å². The summed E-state index contributed by atoms with van der Waals surface area (Å²) in [4.78, 5) is 0. The Hall–Kier alpha value is -1.11. The molecule has 1 fully saturated rings. The van der Waals surface area contributed by atoms with E-state index in [0.29, 0.717) is 13.2 Å². The molecule has 0 bridgehead atoms. The van der Waals surface area contributed by atoms with Crippen molar-refractivity contribution < 1.29 is 23.0 Å². The summed E-state index contributed by atoms with van der Waals surface area (Å²) in [5, 5.41) is 13.1. The monoisotopic (exact) mass is 289 g/mol. The Morgan fingerprint density at radius 3 is 2.65 bits per heavy atom. The molecular formula is C14H18F3NO2. The third kappa shape index (κ3) is 4.19. The van der Waals surface area contributed by atoms with Gasteiger partial charge in [0.25, 0.3) is 0 Å². The average Bonchev–Trinajstić information content (AvgIpc) is 2.45. The lowest BCUT2D eigenvalue weighted by atomic mass is 10.0. The molecule has 1 aliphatic rings. The topological polar surface area (TPSA) is 41.5 Å². The maximum absolute atomic E-state index is 12.6. The van der Waals surface area contributed by atoms with Gasteiger partial charge in [-0.1, -0.05) is 12.1 Å². The molecule has 0 aromatic heterocycles. The molecular weight excluding hydrogens is 271 g/mol. The molecule has 0 unspecified atom stereocenters. The Morgan fingerprint density at radius 1 is 1.30 bits per heavy atom. The SMILES string of the molecule is O[C@@H](CNC1CCOCC1)c1cccc(C(F)(F)F)c1. The van der Waals surface area contributed by atoms with Crippen LogP contribution in [0.3, 0.4) is 0 Å². The van der Waals surface area contributed by atoms with Crippen LogP contribution >= 0.6 is 0 Å². The smallest absolute Gasteiger partial charge is 0.387 e. The largest absolute Gasteiger partial charge is 0.416 e. The van der Waals surface area contributed by atoms with Crippen LogP contribution in [0.25, 0.3) is 0 Å². The van der Waals surface area contributed by atoms with E-state index in [1.165, 1.54) is 12.1 Å². The normalized spacial score (nSPS) is 19.0. The number of nitrogens with one attached hydrogen (secondary N) is 1. The van der Waals surface area contributed by atoms with Gasteiger partial charge in [0.05, 0.1) is 11.7 Å². The van der Waals surface area contributed by atoms with E-state index >= 15 is 0 Å². The van der Waals surface area contributed by atoms with Crippen molar-refractivity contribution in [1.82, 2.24) is 5.32 Å². The van der Waals surface area contributed by atoms with Crippen molar-refractivity contribution >= 4 is 0 Å². The van der Waals surface area contributed by atoms with Gasteiger partial charge in [0.2, 0.25) is 0 Å². The Bertz CT molecular complexity index is 431. The second-order valence-corrected chi connectivity index (χ2v) is 4.93. The minimum absolute atomic E-state index is 0.242. The number of alkyl halides is 3. The lowest BCUT2D eigenvalue weighted by Gasteiger charge is -2.24. The predicted octanol–water partition coefficient (Wildman–Crippen LogP) is 2.51. The minimum atomic E-state index is -4.39. The molecule has 0 radical (unpaired) electrons. The number of rotatable bonds is 4. The van der Waals surface area contributed by atoms with Gasteiger partial charge in [0.15, 0.2) is 0 Å². The third-order valence-corrected chi connectivity index (χ3v) is 3.42. The Morgan fingerprint density at radius 2 is 2.00 bits per heavy atom. The van der Waals surface area contributed by atoms with Crippen LogP contribution in [-0.4, -0.2) is 30.9 Å². The maximum Gasteiger partial charge on any atom is 0.416 e. The van der Waals surface area contributed by atoms with Gasteiger partial charge in [-0.3, -0.25) is 0 Å². The molecule has 1 saturated heterocycles. The van der Waals surface area contributed by atoms with Crippen molar-refractivity contribution in [2.24, 2.45) is 0 Å². The van der Waals surface area contributed by atoms with Crippen LogP contribution in [0, 0.1) is 0 Å². The van der Waals surface area contributed by atoms with Crippen molar-refractivity contribution in [1.29, 1.82) is 0 Å². The summed E-state index contributed by atoms with van der Waals surface area (Å²) in [6.45, 7) is 1.60. The van der Waals surface area contributed by atoms with Gasteiger partial charge in [0.1, 0.15) is 0 Å². The summed E-state index contributed by atoms with van der Waals surface area (Å²) in [6.07, 6.45) is -3.62. The number of benzene rings is 1. The predicted molar refractivity (Wildman–Crippen MR) is 68.2 cm³/mol. The third-order valence-electron chi connectivity index (χ3n) is 3.42. The first kappa shape index (κ1) is 15.3. The lowest BCUT2D eigenvalue weighted by Crippen LogP contribution is -2.37. The first-order chi connectivity index (χ1) is 9.47. The summed E-state index contributed by atoms with van der Waals surface area (Å²) < 4.78 is 43.0. The highest BCUT2D eigenvalue weighted by Gasteiger charge is 2.30. The first-order valence-electron chi connectivity index (χ1n) is 6.63. The molecule has 0 saturated carbocycles. The van der Waals surface area contributed by atoms with Gasteiger partial charge < -0.3 is 15.2 Å². The van der Waals surface area contributed by atoms with E-state index in [0.717, 1.165) is 25.0 Å². The average molecular weight is 289 g/mol. The van der Waals surface area contributed by atoms with Gasteiger partial charge in [-0.15, -0.1) is 0 Å². The number of hydrogen-bond donors (Lipinski definition) is 2. The fraction of sp³-hybridized carbons (Fsp3) is 0.571. The highest BCUT2D eigenvalue weighted by molar-refractivity contribution is 5.27. The van der Waals surface area contributed by atoms with E-state index < -0.39 is 17.8 Å². The van der Waals surface area contributed by atoms with Crippen molar-refractivity contribution in [3.8, 4) is 0 Å². The molecule has 1 heterocycles. The van der Waals surface area contributed by atoms with E-state index in [9.17, 15) is 18.3 Å². The van der Waals surface area contributed by atoms with Crippen LogP contribution in [0.2, 0.25) is 0 Å². The van der Waals surface area contributed by atoms with Gasteiger partial charge in [0, 0.05) is 25.8 Å². The zero-order valence-corrected chi connectivity index (χ0v) is 11.0. The van der Waals surface area contributed by atoms with Crippen molar-refractivity contribution in [3.05, 3.63) is 35.4 Å². The molecule has 0 amide bonds. The molecule has 6 heteroatoms. The molecule has 0 spiro atoms. The van der Waals surface area contributed by atoms with Crippen molar-refractivity contribution in [3.63, 3.8) is 0 Å². The standard InChI is InChI=1S/C14H18F3NO2/c15-14(16,17)11-3-1-2-10(8-11)13(19)9-18-12-4-6-20-7-5-12/h1-3,8,12-13,18-19H,4-7,9H2/t13-/m0/s1. The van der Waals surface area contributed by atoms with Crippen molar-refractivity contribution in [2.75, 3.05) is 19.8 Å². The second kappa shape index (κ2) is 6.56. The van der Waals surface area contributed by atoms with Crippen LogP contribution in [0.4, 0.5) is 13.2 Å². The molecule has 1 aliphatic heterocycles. The van der Waals surface area contributed by atoms with E-state index in [4.69, 9.17) is 4.74 Å². The van der Waals surface area contributed by atoms with E-state index in [1.807, 2.05) is 0 Å². The summed E-state index contributed by atoms with van der Waals surface area (Å²) >= 11 is 0. The van der Waals surface area contributed by atoms with E-state index in [-0.39, 0.29) is 18.2 Å². The van der Waals surface area contributed by atoms with Crippen LogP contribution in [0.5, 0.6) is 0 Å². The van der Waals surface area contributed by atoms with Gasteiger partial charge in [-0.05, 0) is 30.5 Å². The van der Waals surface area contributed by atoms with E-state index in [2.05, 4.69) is 5.32 Å². The summed E-state index contributed by atoms with van der Waals surface area (Å²) in [6, 6.07) is 5.07. The second-order valence-electron chi connectivity index (χ2n) is 4.93. The quantitative estimate of drug-likeness (QED) is 0.895. The number of ether oxygens (including phenoxy) is 1. The fourth-order valence-corrected chi connectivity index (χ4v) is 2.22. The summed E-state index contributed by atoms with van der Waals surface area (Å²) in [5.74, 6) is 0. The van der Waals surface area contributed by atoms with E-state index in [1.54, 1.807) is 0 Å². The number of halogens is 3. The highest BCUT2D eigenvalue weighted by atomic mass is 19.4. The summed E-state index contributed by atoms with van der Waals surface area (Å²) in [5.41, 5.74) is -0.459. The zero-order chi connectivity index (χ0) is 14.6. The van der Waals surface area contributed by atoms with Crippen LogP contribution in [-0.2, 0) is 10.9 Å². The summed E-state index contributed by atoms with van der Waals surface area (Å²) in [7, 11) is 0. The van der Waals surface area contributed by atoms with Crippen LogP contribution in [0.15, 0.2) is 24.3 Å². The number of hydrogen-bond acceptors (Lipinski definition) is 3. The Labute approximate surface area is 115 Å². The van der Waals surface area contributed by atoms with Crippen LogP contribution < -0.4 is 5.32 Å². The molecule has 0 aliphatic carbocycles. The lowest BCUT2D eigenvalue weighted by molar-refractivity contribution is -0.137. The minimum Gasteiger partial charge on any atom is -0.387 e. The molecule has 1 aromatic rings. The molecule has 1 atom stereocenters. The van der Waals surface area contributed by atoms with Crippen molar-refractivity contribution in [2.45, 2.75) is 31.2 Å². The Balaban J connectivity index is 1.93. The molecule has 1 aromatic carbocycles. The molecule has 2 rings (SSSR count). The zero-order valence-electron chi connectivity index (χ0n) is 11.0. The fourth-order valence-electron chi connectivity index (χ4n) is 2.22. The molecule has 112 valence electrons. The molecule has 3 nitrogen and oxygen atoms in total.